The molecule has 0 aliphatic rings. The predicted octanol–water partition coefficient (Wildman–Crippen LogP) is 6.06. The van der Waals surface area contributed by atoms with Crippen LogP contribution in [0.15, 0.2) is 30.3 Å². The SMILES string of the molecule is Cc1cc(C(Br)c2cccc(C)c2C)c(C)cc1Cl. The minimum atomic E-state index is 0.211. The molecule has 0 amide bonds. The first-order chi connectivity index (χ1) is 8.91. The molecule has 0 fully saturated rings. The smallest absolute Gasteiger partial charge is 0.0649 e. The summed E-state index contributed by atoms with van der Waals surface area (Å²) in [5, 5.41) is 0.835. The molecule has 2 rings (SSSR count). The second-order valence-corrected chi connectivity index (χ2v) is 6.43. The van der Waals surface area contributed by atoms with E-state index in [-0.39, 0.29) is 4.83 Å². The second kappa shape index (κ2) is 5.68. The van der Waals surface area contributed by atoms with Gasteiger partial charge in [-0.05, 0) is 67.1 Å². The minimum Gasteiger partial charge on any atom is -0.0840 e. The monoisotopic (exact) mass is 336 g/mol. The third-order valence-corrected chi connectivity index (χ3v) is 5.13. The normalized spacial score (nSPS) is 12.5. The molecule has 1 atom stereocenters. The molecule has 2 aromatic carbocycles. The van der Waals surface area contributed by atoms with Gasteiger partial charge in [-0.15, -0.1) is 0 Å². The van der Waals surface area contributed by atoms with Gasteiger partial charge in [0.1, 0.15) is 0 Å². The first-order valence-corrected chi connectivity index (χ1v) is 7.68. The van der Waals surface area contributed by atoms with Crippen LogP contribution >= 0.6 is 27.5 Å². The zero-order valence-corrected chi connectivity index (χ0v) is 14.1. The van der Waals surface area contributed by atoms with Gasteiger partial charge in [-0.25, -0.2) is 0 Å². The van der Waals surface area contributed by atoms with Crippen LogP contribution in [0.5, 0.6) is 0 Å². The highest BCUT2D eigenvalue weighted by molar-refractivity contribution is 9.09. The van der Waals surface area contributed by atoms with Crippen LogP contribution in [-0.2, 0) is 0 Å². The van der Waals surface area contributed by atoms with E-state index in [1.54, 1.807) is 0 Å². The van der Waals surface area contributed by atoms with Crippen molar-refractivity contribution in [2.75, 3.05) is 0 Å². The van der Waals surface area contributed by atoms with E-state index in [4.69, 9.17) is 11.6 Å². The maximum atomic E-state index is 6.18. The van der Waals surface area contributed by atoms with Crippen LogP contribution < -0.4 is 0 Å². The van der Waals surface area contributed by atoms with Crippen molar-refractivity contribution in [1.29, 1.82) is 0 Å². The number of aryl methyl sites for hydroxylation is 3. The van der Waals surface area contributed by atoms with Gasteiger partial charge in [-0.1, -0.05) is 51.8 Å². The molecular formula is C17H18BrCl. The van der Waals surface area contributed by atoms with Crippen molar-refractivity contribution in [3.8, 4) is 0 Å². The Bertz CT molecular complexity index is 617. The fourth-order valence-corrected chi connectivity index (χ4v) is 3.50. The predicted molar refractivity (Wildman–Crippen MR) is 87.6 cm³/mol. The molecule has 0 saturated heterocycles. The number of alkyl halides is 1. The van der Waals surface area contributed by atoms with E-state index in [2.05, 4.69) is 61.0 Å². The molecule has 0 aromatic heterocycles. The van der Waals surface area contributed by atoms with Gasteiger partial charge in [0.2, 0.25) is 0 Å². The Balaban J connectivity index is 2.53. The third-order valence-electron chi connectivity index (χ3n) is 3.74. The molecule has 0 heterocycles. The Morgan fingerprint density at radius 1 is 0.895 bits per heavy atom. The first-order valence-electron chi connectivity index (χ1n) is 6.38. The second-order valence-electron chi connectivity index (χ2n) is 5.11. The molecule has 0 nitrogen and oxygen atoms in total. The molecule has 0 bridgehead atoms. The van der Waals surface area contributed by atoms with Crippen molar-refractivity contribution in [3.05, 3.63) is 68.7 Å². The number of hydrogen-bond acceptors (Lipinski definition) is 0. The molecule has 2 heteroatoms. The quantitative estimate of drug-likeness (QED) is 0.584. The van der Waals surface area contributed by atoms with E-state index in [0.717, 1.165) is 10.6 Å². The number of benzene rings is 2. The maximum absolute atomic E-state index is 6.18. The summed E-state index contributed by atoms with van der Waals surface area (Å²) in [5.41, 5.74) is 7.62. The molecule has 0 radical (unpaired) electrons. The van der Waals surface area contributed by atoms with Crippen molar-refractivity contribution in [2.24, 2.45) is 0 Å². The van der Waals surface area contributed by atoms with Crippen LogP contribution in [0.3, 0.4) is 0 Å². The standard InChI is InChI=1S/C17H18BrCl/c1-10-6-5-7-14(13(10)4)17(18)15-8-12(3)16(19)9-11(15)2/h5-9,17H,1-4H3. The molecule has 0 spiro atoms. The Labute approximate surface area is 128 Å². The summed E-state index contributed by atoms with van der Waals surface area (Å²) in [5.74, 6) is 0. The van der Waals surface area contributed by atoms with Crippen LogP contribution in [0, 0.1) is 27.7 Å². The lowest BCUT2D eigenvalue weighted by Crippen LogP contribution is -2.00. The lowest BCUT2D eigenvalue weighted by molar-refractivity contribution is 1.10. The summed E-state index contributed by atoms with van der Waals surface area (Å²) < 4.78 is 0. The first kappa shape index (κ1) is 14.6. The summed E-state index contributed by atoms with van der Waals surface area (Å²) in [7, 11) is 0. The van der Waals surface area contributed by atoms with Gasteiger partial charge in [-0.2, -0.15) is 0 Å². The molecule has 100 valence electrons. The highest BCUT2D eigenvalue weighted by Crippen LogP contribution is 2.37. The van der Waals surface area contributed by atoms with Crippen LogP contribution in [0.2, 0.25) is 5.02 Å². The fourth-order valence-electron chi connectivity index (χ4n) is 2.29. The van der Waals surface area contributed by atoms with Crippen molar-refractivity contribution in [1.82, 2.24) is 0 Å². The van der Waals surface area contributed by atoms with E-state index in [0.29, 0.717) is 0 Å². The highest BCUT2D eigenvalue weighted by atomic mass is 79.9. The Morgan fingerprint density at radius 3 is 2.26 bits per heavy atom. The van der Waals surface area contributed by atoms with Crippen LogP contribution in [-0.4, -0.2) is 0 Å². The van der Waals surface area contributed by atoms with E-state index >= 15 is 0 Å². The third kappa shape index (κ3) is 2.88. The van der Waals surface area contributed by atoms with Gasteiger partial charge >= 0.3 is 0 Å². The Kier molecular flexibility index (Phi) is 4.37. The molecule has 0 aliphatic carbocycles. The average Bonchev–Trinajstić information content (AvgIpc) is 2.36. The van der Waals surface area contributed by atoms with Gasteiger partial charge in [-0.3, -0.25) is 0 Å². The number of halogens is 2. The zero-order chi connectivity index (χ0) is 14.2. The summed E-state index contributed by atoms with van der Waals surface area (Å²) in [6.07, 6.45) is 0. The summed E-state index contributed by atoms with van der Waals surface area (Å²) in [4.78, 5) is 0.211. The van der Waals surface area contributed by atoms with Gasteiger partial charge < -0.3 is 0 Å². The van der Waals surface area contributed by atoms with E-state index in [1.807, 2.05) is 13.0 Å². The summed E-state index contributed by atoms with van der Waals surface area (Å²) in [6, 6.07) is 10.7. The van der Waals surface area contributed by atoms with Crippen LogP contribution in [0.1, 0.15) is 38.2 Å². The molecular weight excluding hydrogens is 320 g/mol. The fraction of sp³-hybridized carbons (Fsp3) is 0.294. The molecule has 0 saturated carbocycles. The molecule has 19 heavy (non-hydrogen) atoms. The van der Waals surface area contributed by atoms with E-state index in [1.165, 1.54) is 27.8 Å². The van der Waals surface area contributed by atoms with Crippen LogP contribution in [0.4, 0.5) is 0 Å². The van der Waals surface area contributed by atoms with Crippen molar-refractivity contribution >= 4 is 27.5 Å². The van der Waals surface area contributed by atoms with Crippen molar-refractivity contribution in [3.63, 3.8) is 0 Å². The molecule has 0 N–H and O–H groups in total. The van der Waals surface area contributed by atoms with Gasteiger partial charge in [0.25, 0.3) is 0 Å². The van der Waals surface area contributed by atoms with Crippen LogP contribution in [0.25, 0.3) is 0 Å². The minimum absolute atomic E-state index is 0.211. The lowest BCUT2D eigenvalue weighted by Gasteiger charge is -2.18. The highest BCUT2D eigenvalue weighted by Gasteiger charge is 2.16. The molecule has 0 aliphatic heterocycles. The number of rotatable bonds is 2. The van der Waals surface area contributed by atoms with E-state index in [9.17, 15) is 0 Å². The summed E-state index contributed by atoms with van der Waals surface area (Å²) >= 11 is 10.0. The van der Waals surface area contributed by atoms with Crippen molar-refractivity contribution in [2.45, 2.75) is 32.5 Å². The zero-order valence-electron chi connectivity index (χ0n) is 11.7. The Hall–Kier alpha value is -0.790. The topological polar surface area (TPSA) is 0 Å². The number of hydrogen-bond donors (Lipinski definition) is 0. The largest absolute Gasteiger partial charge is 0.0840 e. The van der Waals surface area contributed by atoms with Gasteiger partial charge in [0.15, 0.2) is 0 Å². The Morgan fingerprint density at radius 2 is 1.58 bits per heavy atom. The lowest BCUT2D eigenvalue weighted by atomic mass is 9.94. The van der Waals surface area contributed by atoms with E-state index < -0.39 is 0 Å². The molecule has 1 unspecified atom stereocenters. The maximum Gasteiger partial charge on any atom is 0.0649 e. The molecule has 2 aromatic rings. The van der Waals surface area contributed by atoms with Gasteiger partial charge in [0.05, 0.1) is 4.83 Å². The summed E-state index contributed by atoms with van der Waals surface area (Å²) in [6.45, 7) is 8.49. The van der Waals surface area contributed by atoms with Gasteiger partial charge in [0, 0.05) is 5.02 Å². The van der Waals surface area contributed by atoms with Crippen molar-refractivity contribution < 1.29 is 0 Å². The average molecular weight is 338 g/mol.